The van der Waals surface area contributed by atoms with Crippen LogP contribution in [0.2, 0.25) is 0 Å². The van der Waals surface area contributed by atoms with Gasteiger partial charge in [0.2, 0.25) is 12.7 Å². The molecule has 1 aliphatic heterocycles. The Labute approximate surface area is 199 Å². The Bertz CT molecular complexity index is 1170. The Morgan fingerprint density at radius 2 is 1.94 bits per heavy atom. The van der Waals surface area contributed by atoms with E-state index in [9.17, 15) is 9.59 Å². The number of hydrogen-bond acceptors (Lipinski definition) is 8. The van der Waals surface area contributed by atoms with Crippen LogP contribution in [-0.2, 0) is 17.6 Å². The van der Waals surface area contributed by atoms with Crippen molar-refractivity contribution < 1.29 is 19.1 Å². The maximum atomic E-state index is 12.9. The molecule has 0 fully saturated rings. The standard InChI is InChI=1S/C23H22N4O4S2/c28-20(25-14-8-9-17-18(11-14)31-13-30-17)12-32-22-15(5-4-10-24-22)21(29)27-23-26-16-6-2-1-3-7-19(16)33-23/h4-5,8-11H,1-3,6-7,12-13H2,(H,25,28)(H,26,27,29). The molecule has 0 unspecified atom stereocenters. The second-order valence-electron chi connectivity index (χ2n) is 7.66. The van der Waals surface area contributed by atoms with E-state index in [1.165, 1.54) is 29.5 Å². The predicted molar refractivity (Wildman–Crippen MR) is 127 cm³/mol. The van der Waals surface area contributed by atoms with E-state index in [0.717, 1.165) is 25.0 Å². The van der Waals surface area contributed by atoms with Gasteiger partial charge in [-0.2, -0.15) is 0 Å². The molecule has 2 N–H and O–H groups in total. The van der Waals surface area contributed by atoms with E-state index in [1.54, 1.807) is 47.9 Å². The highest BCUT2D eigenvalue weighted by molar-refractivity contribution is 8.00. The molecule has 2 amide bonds. The van der Waals surface area contributed by atoms with Crippen LogP contribution in [-0.4, -0.2) is 34.3 Å². The van der Waals surface area contributed by atoms with Gasteiger partial charge in [0.1, 0.15) is 5.03 Å². The summed E-state index contributed by atoms with van der Waals surface area (Å²) >= 11 is 2.76. The fraction of sp³-hybridized carbons (Fsp3) is 0.304. The number of benzene rings is 1. The van der Waals surface area contributed by atoms with E-state index in [1.807, 2.05) is 0 Å². The summed E-state index contributed by atoms with van der Waals surface area (Å²) in [5.41, 5.74) is 2.14. The third-order valence-electron chi connectivity index (χ3n) is 5.33. The molecule has 0 radical (unpaired) electrons. The maximum Gasteiger partial charge on any atom is 0.260 e. The van der Waals surface area contributed by atoms with Crippen LogP contribution in [0.1, 0.15) is 40.2 Å². The zero-order chi connectivity index (χ0) is 22.6. The molecule has 33 heavy (non-hydrogen) atoms. The first-order chi connectivity index (χ1) is 16.2. The normalized spacial score (nSPS) is 14.3. The number of thioether (sulfide) groups is 1. The van der Waals surface area contributed by atoms with Gasteiger partial charge in [-0.15, -0.1) is 11.3 Å². The number of pyridine rings is 1. The van der Waals surface area contributed by atoms with Gasteiger partial charge in [0.05, 0.1) is 17.0 Å². The molecule has 0 bridgehead atoms. The zero-order valence-electron chi connectivity index (χ0n) is 17.8. The topological polar surface area (TPSA) is 102 Å². The van der Waals surface area contributed by atoms with E-state index >= 15 is 0 Å². The lowest BCUT2D eigenvalue weighted by Crippen LogP contribution is -2.16. The lowest BCUT2D eigenvalue weighted by atomic mass is 10.2. The summed E-state index contributed by atoms with van der Waals surface area (Å²) in [6.45, 7) is 0.177. The Morgan fingerprint density at radius 3 is 2.88 bits per heavy atom. The highest BCUT2D eigenvalue weighted by atomic mass is 32.2. The molecule has 1 aromatic carbocycles. The van der Waals surface area contributed by atoms with Gasteiger partial charge < -0.3 is 14.8 Å². The lowest BCUT2D eigenvalue weighted by Gasteiger charge is -2.09. The summed E-state index contributed by atoms with van der Waals surface area (Å²) in [5.74, 6) is 0.883. The van der Waals surface area contributed by atoms with Crippen molar-refractivity contribution in [2.24, 2.45) is 0 Å². The minimum atomic E-state index is -0.273. The van der Waals surface area contributed by atoms with Gasteiger partial charge >= 0.3 is 0 Å². The number of ether oxygens (including phenoxy) is 2. The van der Waals surface area contributed by atoms with Gasteiger partial charge in [-0.25, -0.2) is 9.97 Å². The number of amides is 2. The fourth-order valence-corrected chi connectivity index (χ4v) is 5.57. The Kier molecular flexibility index (Phi) is 6.45. The van der Waals surface area contributed by atoms with E-state index in [2.05, 4.69) is 20.6 Å². The van der Waals surface area contributed by atoms with E-state index in [-0.39, 0.29) is 24.4 Å². The predicted octanol–water partition coefficient (Wildman–Crippen LogP) is 4.52. The summed E-state index contributed by atoms with van der Waals surface area (Å²) in [4.78, 5) is 35.6. The first kappa shape index (κ1) is 21.7. The third kappa shape index (κ3) is 5.12. The summed E-state index contributed by atoms with van der Waals surface area (Å²) in [7, 11) is 0. The van der Waals surface area contributed by atoms with Gasteiger partial charge in [-0.1, -0.05) is 18.2 Å². The van der Waals surface area contributed by atoms with Crippen LogP contribution >= 0.6 is 23.1 Å². The Balaban J connectivity index is 1.21. The van der Waals surface area contributed by atoms with Crippen LogP contribution < -0.4 is 20.1 Å². The van der Waals surface area contributed by atoms with Crippen LogP contribution in [0.5, 0.6) is 11.5 Å². The number of aryl methyl sites for hydroxylation is 2. The monoisotopic (exact) mass is 482 g/mol. The minimum absolute atomic E-state index is 0.108. The first-order valence-electron chi connectivity index (χ1n) is 10.7. The fourth-order valence-electron chi connectivity index (χ4n) is 3.73. The minimum Gasteiger partial charge on any atom is -0.454 e. The Morgan fingerprint density at radius 1 is 1.06 bits per heavy atom. The molecule has 10 heteroatoms. The quantitative estimate of drug-likeness (QED) is 0.393. The number of carbonyl (C=O) groups is 2. The van der Waals surface area contributed by atoms with Gasteiger partial charge in [0, 0.05) is 22.8 Å². The van der Waals surface area contributed by atoms with E-state index in [0.29, 0.717) is 32.9 Å². The number of nitrogens with zero attached hydrogens (tertiary/aromatic N) is 2. The van der Waals surface area contributed by atoms with Crippen molar-refractivity contribution in [2.45, 2.75) is 37.1 Å². The molecular weight excluding hydrogens is 460 g/mol. The number of aromatic nitrogens is 2. The number of thiazole rings is 1. The number of carbonyl (C=O) groups excluding carboxylic acids is 2. The van der Waals surface area contributed by atoms with Crippen molar-refractivity contribution in [3.63, 3.8) is 0 Å². The molecule has 2 aliphatic rings. The SMILES string of the molecule is O=C(CSc1ncccc1C(=O)Nc1nc2c(s1)CCCCC2)Nc1ccc2c(c1)OCO2. The summed E-state index contributed by atoms with van der Waals surface area (Å²) in [6.07, 6.45) is 7.13. The molecule has 0 spiro atoms. The molecule has 0 atom stereocenters. The molecule has 8 nitrogen and oxygen atoms in total. The average molecular weight is 483 g/mol. The molecule has 0 saturated heterocycles. The van der Waals surface area contributed by atoms with Gasteiger partial charge in [0.25, 0.3) is 5.91 Å². The van der Waals surface area contributed by atoms with Crippen molar-refractivity contribution in [2.75, 3.05) is 23.2 Å². The van der Waals surface area contributed by atoms with E-state index in [4.69, 9.17) is 9.47 Å². The summed E-state index contributed by atoms with van der Waals surface area (Å²) in [6, 6.07) is 8.65. The van der Waals surface area contributed by atoms with Crippen LogP contribution in [0.4, 0.5) is 10.8 Å². The maximum absolute atomic E-state index is 12.9. The summed E-state index contributed by atoms with van der Waals surface area (Å²) in [5, 5.41) is 6.86. The number of nitrogens with one attached hydrogen (secondary N) is 2. The second kappa shape index (κ2) is 9.80. The average Bonchev–Trinajstić information content (AvgIpc) is 3.38. The van der Waals surface area contributed by atoms with Crippen molar-refractivity contribution in [1.29, 1.82) is 0 Å². The van der Waals surface area contributed by atoms with Crippen LogP contribution in [0.3, 0.4) is 0 Å². The highest BCUT2D eigenvalue weighted by Crippen LogP contribution is 2.34. The number of anilines is 2. The van der Waals surface area contributed by atoms with Crippen molar-refractivity contribution >= 4 is 45.7 Å². The van der Waals surface area contributed by atoms with Crippen molar-refractivity contribution in [3.05, 3.63) is 52.7 Å². The smallest absolute Gasteiger partial charge is 0.260 e. The molecular formula is C23H22N4O4S2. The van der Waals surface area contributed by atoms with Crippen molar-refractivity contribution in [3.8, 4) is 11.5 Å². The van der Waals surface area contributed by atoms with Crippen LogP contribution in [0, 0.1) is 0 Å². The van der Waals surface area contributed by atoms with Crippen molar-refractivity contribution in [1.82, 2.24) is 9.97 Å². The molecule has 0 saturated carbocycles. The van der Waals surface area contributed by atoms with Crippen LogP contribution in [0.15, 0.2) is 41.6 Å². The number of hydrogen-bond donors (Lipinski definition) is 2. The van der Waals surface area contributed by atoms with Gasteiger partial charge in [-0.05, 0) is 49.9 Å². The second-order valence-corrected chi connectivity index (χ2v) is 9.71. The highest BCUT2D eigenvalue weighted by Gasteiger charge is 2.19. The molecule has 1 aliphatic carbocycles. The lowest BCUT2D eigenvalue weighted by molar-refractivity contribution is -0.113. The van der Waals surface area contributed by atoms with Crippen LogP contribution in [0.25, 0.3) is 0 Å². The number of rotatable bonds is 6. The van der Waals surface area contributed by atoms with E-state index < -0.39 is 0 Å². The molecule has 170 valence electrons. The van der Waals surface area contributed by atoms with Gasteiger partial charge in [0.15, 0.2) is 16.6 Å². The largest absolute Gasteiger partial charge is 0.454 e. The first-order valence-corrected chi connectivity index (χ1v) is 12.5. The third-order valence-corrected chi connectivity index (χ3v) is 7.41. The van der Waals surface area contributed by atoms with Gasteiger partial charge in [-0.3, -0.25) is 14.9 Å². The number of fused-ring (bicyclic) bond motifs is 2. The summed E-state index contributed by atoms with van der Waals surface area (Å²) < 4.78 is 10.6. The molecule has 2 aromatic heterocycles. The molecule has 3 aromatic rings. The molecule has 5 rings (SSSR count). The molecule has 3 heterocycles. The Hall–Kier alpha value is -3.11. The zero-order valence-corrected chi connectivity index (χ0v) is 19.4.